The van der Waals surface area contributed by atoms with Crippen LogP contribution in [0.5, 0.6) is 0 Å². The zero-order valence-electron chi connectivity index (χ0n) is 13.4. The van der Waals surface area contributed by atoms with Gasteiger partial charge in [-0.15, -0.1) is 0 Å². The monoisotopic (exact) mass is 376 g/mol. The lowest BCUT2D eigenvalue weighted by atomic mass is 10.1. The molecule has 0 radical (unpaired) electrons. The summed E-state index contributed by atoms with van der Waals surface area (Å²) in [6.45, 7) is 4.56. The van der Waals surface area contributed by atoms with Crippen LogP contribution in [0.15, 0.2) is 34.9 Å². The number of carbonyl (C=O) groups is 1. The SMILES string of the molecule is CNCC1CCN(C(=O)c2cnn(-c3ccc(Br)cc3)c2C)C1. The van der Waals surface area contributed by atoms with Crippen LogP contribution >= 0.6 is 15.9 Å². The van der Waals surface area contributed by atoms with E-state index in [2.05, 4.69) is 26.3 Å². The predicted octanol–water partition coefficient (Wildman–Crippen LogP) is 2.62. The van der Waals surface area contributed by atoms with E-state index in [9.17, 15) is 4.79 Å². The van der Waals surface area contributed by atoms with Crippen LogP contribution in [0.4, 0.5) is 0 Å². The van der Waals surface area contributed by atoms with E-state index in [1.54, 1.807) is 6.20 Å². The molecule has 122 valence electrons. The van der Waals surface area contributed by atoms with Crippen molar-refractivity contribution in [2.24, 2.45) is 5.92 Å². The maximum Gasteiger partial charge on any atom is 0.257 e. The van der Waals surface area contributed by atoms with Crippen molar-refractivity contribution >= 4 is 21.8 Å². The molecule has 1 unspecified atom stereocenters. The molecule has 3 rings (SSSR count). The molecular formula is C17H21BrN4O. The number of carbonyl (C=O) groups excluding carboxylic acids is 1. The fourth-order valence-electron chi connectivity index (χ4n) is 3.10. The zero-order chi connectivity index (χ0) is 16.4. The molecule has 1 aromatic heterocycles. The predicted molar refractivity (Wildman–Crippen MR) is 93.9 cm³/mol. The highest BCUT2D eigenvalue weighted by Crippen LogP contribution is 2.21. The van der Waals surface area contributed by atoms with Crippen molar-refractivity contribution in [3.63, 3.8) is 0 Å². The molecule has 0 aliphatic carbocycles. The van der Waals surface area contributed by atoms with E-state index < -0.39 is 0 Å². The molecule has 0 spiro atoms. The standard InChI is InChI=1S/C17H21BrN4O/c1-12-16(17(23)21-8-7-13(11-21)9-19-2)10-20-22(12)15-5-3-14(18)4-6-15/h3-6,10,13,19H,7-9,11H2,1-2H3. The number of benzene rings is 1. The van der Waals surface area contributed by atoms with E-state index in [0.717, 1.165) is 41.9 Å². The maximum absolute atomic E-state index is 12.8. The number of rotatable bonds is 4. The number of nitrogens with one attached hydrogen (secondary N) is 1. The quantitative estimate of drug-likeness (QED) is 0.891. The molecule has 1 amide bonds. The van der Waals surface area contributed by atoms with E-state index >= 15 is 0 Å². The summed E-state index contributed by atoms with van der Waals surface area (Å²) in [6.07, 6.45) is 2.75. The van der Waals surface area contributed by atoms with E-state index in [1.165, 1.54) is 0 Å². The van der Waals surface area contributed by atoms with Crippen LogP contribution in [0, 0.1) is 12.8 Å². The lowest BCUT2D eigenvalue weighted by molar-refractivity contribution is 0.0786. The fraction of sp³-hybridized carbons (Fsp3) is 0.412. The third-order valence-corrected chi connectivity index (χ3v) is 4.91. The molecule has 1 fully saturated rings. The highest BCUT2D eigenvalue weighted by Gasteiger charge is 2.28. The van der Waals surface area contributed by atoms with Gasteiger partial charge < -0.3 is 10.2 Å². The summed E-state index contributed by atoms with van der Waals surface area (Å²) in [7, 11) is 1.96. The second kappa shape index (κ2) is 6.84. The van der Waals surface area contributed by atoms with Gasteiger partial charge in [-0.1, -0.05) is 15.9 Å². The molecule has 1 atom stereocenters. The molecule has 1 saturated heterocycles. The maximum atomic E-state index is 12.8. The van der Waals surface area contributed by atoms with Gasteiger partial charge in [0, 0.05) is 17.6 Å². The van der Waals surface area contributed by atoms with Gasteiger partial charge in [-0.2, -0.15) is 5.10 Å². The summed E-state index contributed by atoms with van der Waals surface area (Å²) >= 11 is 3.43. The number of amides is 1. The molecular weight excluding hydrogens is 356 g/mol. The van der Waals surface area contributed by atoms with E-state index in [0.29, 0.717) is 11.5 Å². The lowest BCUT2D eigenvalue weighted by Gasteiger charge is -2.16. The Hall–Kier alpha value is -1.66. The normalized spacial score (nSPS) is 17.7. The second-order valence-corrected chi connectivity index (χ2v) is 6.91. The van der Waals surface area contributed by atoms with Crippen molar-refractivity contribution < 1.29 is 4.79 Å². The van der Waals surface area contributed by atoms with Crippen molar-refractivity contribution in [3.05, 3.63) is 46.2 Å². The summed E-state index contributed by atoms with van der Waals surface area (Å²) in [5, 5.41) is 7.60. The topological polar surface area (TPSA) is 50.2 Å². The van der Waals surface area contributed by atoms with Crippen LogP contribution < -0.4 is 5.32 Å². The van der Waals surface area contributed by atoms with E-state index in [1.807, 2.05) is 47.8 Å². The minimum Gasteiger partial charge on any atom is -0.338 e. The van der Waals surface area contributed by atoms with Crippen LogP contribution in [0.2, 0.25) is 0 Å². The van der Waals surface area contributed by atoms with Crippen LogP contribution in [0.1, 0.15) is 22.5 Å². The summed E-state index contributed by atoms with van der Waals surface area (Å²) in [6, 6.07) is 7.91. The number of hydrogen-bond acceptors (Lipinski definition) is 3. The van der Waals surface area contributed by atoms with Crippen molar-refractivity contribution in [2.45, 2.75) is 13.3 Å². The Labute approximate surface area is 144 Å². The molecule has 1 aliphatic rings. The number of halogens is 1. The molecule has 23 heavy (non-hydrogen) atoms. The van der Waals surface area contributed by atoms with E-state index in [4.69, 9.17) is 0 Å². The Morgan fingerprint density at radius 1 is 1.39 bits per heavy atom. The summed E-state index contributed by atoms with van der Waals surface area (Å²) in [4.78, 5) is 14.7. The molecule has 2 aromatic rings. The van der Waals surface area contributed by atoms with Gasteiger partial charge in [-0.25, -0.2) is 4.68 Å². The third kappa shape index (κ3) is 3.33. The molecule has 1 aliphatic heterocycles. The van der Waals surface area contributed by atoms with Gasteiger partial charge in [0.05, 0.1) is 23.1 Å². The summed E-state index contributed by atoms with van der Waals surface area (Å²) < 4.78 is 2.84. The first-order valence-corrected chi connectivity index (χ1v) is 8.64. The number of aromatic nitrogens is 2. The highest BCUT2D eigenvalue weighted by molar-refractivity contribution is 9.10. The van der Waals surface area contributed by atoms with Crippen LogP contribution in [0.3, 0.4) is 0 Å². The minimum atomic E-state index is 0.0875. The first-order chi connectivity index (χ1) is 11.1. The number of likely N-dealkylation sites (tertiary alicyclic amines) is 1. The molecule has 0 bridgehead atoms. The fourth-order valence-corrected chi connectivity index (χ4v) is 3.37. The van der Waals surface area contributed by atoms with Gasteiger partial charge in [0.15, 0.2) is 0 Å². The van der Waals surface area contributed by atoms with Gasteiger partial charge in [0.1, 0.15) is 0 Å². The van der Waals surface area contributed by atoms with Gasteiger partial charge in [-0.05, 0) is 57.1 Å². The van der Waals surface area contributed by atoms with Crippen LogP contribution in [-0.2, 0) is 0 Å². The van der Waals surface area contributed by atoms with Crippen molar-refractivity contribution in [2.75, 3.05) is 26.7 Å². The molecule has 6 heteroatoms. The zero-order valence-corrected chi connectivity index (χ0v) is 15.0. The smallest absolute Gasteiger partial charge is 0.257 e. The van der Waals surface area contributed by atoms with Crippen LogP contribution in [0.25, 0.3) is 5.69 Å². The molecule has 2 heterocycles. The van der Waals surface area contributed by atoms with Gasteiger partial charge >= 0.3 is 0 Å². The van der Waals surface area contributed by atoms with Gasteiger partial charge in [-0.3, -0.25) is 4.79 Å². The molecule has 0 saturated carbocycles. The lowest BCUT2D eigenvalue weighted by Crippen LogP contribution is -2.30. The first-order valence-electron chi connectivity index (χ1n) is 7.84. The van der Waals surface area contributed by atoms with Crippen molar-refractivity contribution in [3.8, 4) is 5.69 Å². The van der Waals surface area contributed by atoms with Gasteiger partial charge in [0.25, 0.3) is 5.91 Å². The Bertz CT molecular complexity index is 695. The van der Waals surface area contributed by atoms with E-state index in [-0.39, 0.29) is 5.91 Å². The van der Waals surface area contributed by atoms with Gasteiger partial charge in [0.2, 0.25) is 0 Å². The Morgan fingerprint density at radius 2 is 2.13 bits per heavy atom. The Kier molecular flexibility index (Phi) is 4.82. The number of nitrogens with zero attached hydrogens (tertiary/aromatic N) is 3. The summed E-state index contributed by atoms with van der Waals surface area (Å²) in [5.74, 6) is 0.634. The Morgan fingerprint density at radius 3 is 2.83 bits per heavy atom. The van der Waals surface area contributed by atoms with Crippen LogP contribution in [-0.4, -0.2) is 47.3 Å². The number of hydrogen-bond donors (Lipinski definition) is 1. The average Bonchev–Trinajstić information content (AvgIpc) is 3.15. The van der Waals surface area contributed by atoms with Crippen molar-refractivity contribution in [1.29, 1.82) is 0 Å². The average molecular weight is 377 g/mol. The van der Waals surface area contributed by atoms with Crippen molar-refractivity contribution in [1.82, 2.24) is 20.0 Å². The minimum absolute atomic E-state index is 0.0875. The summed E-state index contributed by atoms with van der Waals surface area (Å²) in [5.41, 5.74) is 2.53. The highest BCUT2D eigenvalue weighted by atomic mass is 79.9. The third-order valence-electron chi connectivity index (χ3n) is 4.38. The molecule has 1 N–H and O–H groups in total. The molecule has 1 aromatic carbocycles. The first kappa shape index (κ1) is 16.2. The largest absolute Gasteiger partial charge is 0.338 e. The Balaban J connectivity index is 1.79. The second-order valence-electron chi connectivity index (χ2n) is 6.00. The molecule has 5 nitrogen and oxygen atoms in total.